The highest BCUT2D eigenvalue weighted by Crippen LogP contribution is 2.12. The van der Waals surface area contributed by atoms with Gasteiger partial charge in [0.15, 0.2) is 0 Å². The zero-order valence-corrected chi connectivity index (χ0v) is 16.8. The van der Waals surface area contributed by atoms with Crippen LogP contribution in [0, 0.1) is 6.92 Å². The lowest BCUT2D eigenvalue weighted by atomic mass is 10.2. The van der Waals surface area contributed by atoms with E-state index in [4.69, 9.17) is 0 Å². The van der Waals surface area contributed by atoms with Crippen molar-refractivity contribution in [2.45, 2.75) is 24.8 Å². The molecule has 2 N–H and O–H groups in total. The van der Waals surface area contributed by atoms with E-state index in [1.54, 1.807) is 0 Å². The van der Waals surface area contributed by atoms with Gasteiger partial charge in [-0.15, -0.1) is 0 Å². The Labute approximate surface area is 161 Å². The summed E-state index contributed by atoms with van der Waals surface area (Å²) < 4.78 is 27.4. The van der Waals surface area contributed by atoms with Crippen LogP contribution in [0.15, 0.2) is 53.4 Å². The Balaban J connectivity index is 1.92. The molecule has 0 unspecified atom stereocenters. The van der Waals surface area contributed by atoms with Crippen LogP contribution >= 0.6 is 0 Å². The summed E-state index contributed by atoms with van der Waals surface area (Å²) in [4.78, 5) is 14.3. The van der Waals surface area contributed by atoms with Crippen molar-refractivity contribution < 1.29 is 13.2 Å². The third-order valence-corrected chi connectivity index (χ3v) is 5.50. The lowest BCUT2D eigenvalue weighted by Gasteiger charge is -2.10. The zero-order valence-electron chi connectivity index (χ0n) is 16.0. The molecule has 1 amide bonds. The summed E-state index contributed by atoms with van der Waals surface area (Å²) >= 11 is 0. The molecule has 7 heteroatoms. The second-order valence-corrected chi connectivity index (χ2v) is 8.51. The van der Waals surface area contributed by atoms with Gasteiger partial charge in [-0.3, -0.25) is 4.79 Å². The summed E-state index contributed by atoms with van der Waals surface area (Å²) in [6, 6.07) is 13.6. The maximum absolute atomic E-state index is 12.4. The van der Waals surface area contributed by atoms with Gasteiger partial charge < -0.3 is 10.2 Å². The van der Waals surface area contributed by atoms with Gasteiger partial charge in [-0.1, -0.05) is 29.8 Å². The summed E-state index contributed by atoms with van der Waals surface area (Å²) in [5, 5.41) is 2.83. The van der Waals surface area contributed by atoms with E-state index in [0.29, 0.717) is 12.1 Å². The van der Waals surface area contributed by atoms with Crippen LogP contribution in [0.25, 0.3) is 0 Å². The number of benzene rings is 2. The second kappa shape index (κ2) is 9.64. The predicted molar refractivity (Wildman–Crippen MR) is 107 cm³/mol. The fraction of sp³-hybridized carbons (Fsp3) is 0.350. The lowest BCUT2D eigenvalue weighted by Crippen LogP contribution is -2.27. The maximum Gasteiger partial charge on any atom is 0.251 e. The van der Waals surface area contributed by atoms with Crippen LogP contribution in [0.4, 0.5) is 0 Å². The van der Waals surface area contributed by atoms with Crippen LogP contribution in [0.2, 0.25) is 0 Å². The number of amides is 1. The third kappa shape index (κ3) is 6.78. The number of aryl methyl sites for hydroxylation is 1. The fourth-order valence-corrected chi connectivity index (χ4v) is 3.47. The molecule has 0 aliphatic rings. The molecule has 0 bridgehead atoms. The number of hydrogen-bond donors (Lipinski definition) is 2. The van der Waals surface area contributed by atoms with Gasteiger partial charge >= 0.3 is 0 Å². The maximum atomic E-state index is 12.4. The van der Waals surface area contributed by atoms with Crippen molar-refractivity contribution in [2.75, 3.05) is 27.2 Å². The fourth-order valence-electron chi connectivity index (χ4n) is 2.45. The van der Waals surface area contributed by atoms with Crippen molar-refractivity contribution in [3.63, 3.8) is 0 Å². The predicted octanol–water partition coefficient (Wildman–Crippen LogP) is 2.16. The number of hydrogen-bond acceptors (Lipinski definition) is 4. The minimum absolute atomic E-state index is 0.138. The van der Waals surface area contributed by atoms with Crippen molar-refractivity contribution in [1.29, 1.82) is 0 Å². The molecule has 0 saturated carbocycles. The van der Waals surface area contributed by atoms with Crippen LogP contribution in [0.1, 0.15) is 27.9 Å². The Bertz CT molecular complexity index is 845. The van der Waals surface area contributed by atoms with Gasteiger partial charge in [0.1, 0.15) is 0 Å². The number of sulfonamides is 1. The number of carbonyl (C=O) groups is 1. The highest BCUT2D eigenvalue weighted by Gasteiger charge is 2.14. The van der Waals surface area contributed by atoms with Crippen molar-refractivity contribution >= 4 is 15.9 Å². The van der Waals surface area contributed by atoms with Gasteiger partial charge in [0, 0.05) is 18.7 Å². The number of nitrogens with one attached hydrogen (secondary N) is 2. The van der Waals surface area contributed by atoms with E-state index in [1.165, 1.54) is 24.3 Å². The normalized spacial score (nSPS) is 11.6. The van der Waals surface area contributed by atoms with Gasteiger partial charge in [-0.25, -0.2) is 13.1 Å². The quantitative estimate of drug-likeness (QED) is 0.644. The minimum Gasteiger partial charge on any atom is -0.352 e. The largest absolute Gasteiger partial charge is 0.352 e. The Morgan fingerprint density at radius 1 is 1.00 bits per heavy atom. The van der Waals surface area contributed by atoms with E-state index in [1.807, 2.05) is 45.3 Å². The van der Waals surface area contributed by atoms with Crippen LogP contribution in [-0.4, -0.2) is 46.4 Å². The average Bonchev–Trinajstić information content (AvgIpc) is 2.64. The van der Waals surface area contributed by atoms with Crippen molar-refractivity contribution in [1.82, 2.24) is 14.9 Å². The molecule has 0 spiro atoms. The first kappa shape index (κ1) is 21.1. The highest BCUT2D eigenvalue weighted by molar-refractivity contribution is 7.89. The summed E-state index contributed by atoms with van der Waals surface area (Å²) in [6.07, 6.45) is 0.855. The SMILES string of the molecule is Cc1ccc(CNS(=O)(=O)c2ccc(C(=O)NCCCN(C)C)cc2)cc1. The number of rotatable bonds is 9. The molecule has 2 rings (SSSR count). The van der Waals surface area contributed by atoms with E-state index in [0.717, 1.165) is 24.1 Å². The molecule has 0 heterocycles. The Hall–Kier alpha value is -2.22. The number of nitrogens with zero attached hydrogens (tertiary/aromatic N) is 1. The van der Waals surface area contributed by atoms with Gasteiger partial charge in [0.05, 0.1) is 4.90 Å². The van der Waals surface area contributed by atoms with Crippen molar-refractivity contribution in [3.8, 4) is 0 Å². The Morgan fingerprint density at radius 2 is 1.63 bits per heavy atom. The summed E-state index contributed by atoms with van der Waals surface area (Å²) in [5.74, 6) is -0.203. The molecule has 0 saturated heterocycles. The van der Waals surface area contributed by atoms with Crippen LogP contribution in [0.5, 0.6) is 0 Å². The molecule has 0 aromatic heterocycles. The van der Waals surface area contributed by atoms with Crippen molar-refractivity contribution in [2.24, 2.45) is 0 Å². The standard InChI is InChI=1S/C20H27N3O3S/c1-16-5-7-17(8-6-16)15-22-27(25,26)19-11-9-18(10-12-19)20(24)21-13-4-14-23(2)3/h5-12,22H,4,13-15H2,1-3H3,(H,21,24). The van der Waals surface area contributed by atoms with Crippen LogP contribution in [0.3, 0.4) is 0 Å². The van der Waals surface area contributed by atoms with Gasteiger partial charge in [-0.2, -0.15) is 0 Å². The molecule has 0 atom stereocenters. The summed E-state index contributed by atoms with van der Waals surface area (Å²) in [7, 11) is 0.331. The molecule has 2 aromatic carbocycles. The van der Waals surface area contributed by atoms with Crippen LogP contribution in [-0.2, 0) is 16.6 Å². The Kier molecular flexibility index (Phi) is 7.53. The van der Waals surface area contributed by atoms with Crippen molar-refractivity contribution in [3.05, 3.63) is 65.2 Å². The molecule has 0 aliphatic carbocycles. The van der Waals surface area contributed by atoms with E-state index < -0.39 is 10.0 Å². The third-order valence-electron chi connectivity index (χ3n) is 4.08. The molecule has 2 aromatic rings. The first-order valence-electron chi connectivity index (χ1n) is 8.86. The molecule has 0 aliphatic heterocycles. The number of carbonyl (C=O) groups excluding carboxylic acids is 1. The van der Waals surface area contributed by atoms with E-state index in [9.17, 15) is 13.2 Å². The topological polar surface area (TPSA) is 78.5 Å². The summed E-state index contributed by atoms with van der Waals surface area (Å²) in [6.45, 7) is 3.67. The highest BCUT2D eigenvalue weighted by atomic mass is 32.2. The molecular weight excluding hydrogens is 362 g/mol. The molecule has 27 heavy (non-hydrogen) atoms. The van der Waals surface area contributed by atoms with E-state index >= 15 is 0 Å². The molecule has 0 radical (unpaired) electrons. The molecule has 146 valence electrons. The second-order valence-electron chi connectivity index (χ2n) is 6.75. The monoisotopic (exact) mass is 389 g/mol. The average molecular weight is 390 g/mol. The Morgan fingerprint density at radius 3 is 2.22 bits per heavy atom. The van der Waals surface area contributed by atoms with Gasteiger partial charge in [0.2, 0.25) is 10.0 Å². The van der Waals surface area contributed by atoms with Crippen LogP contribution < -0.4 is 10.0 Å². The minimum atomic E-state index is -3.63. The van der Waals surface area contributed by atoms with E-state index in [2.05, 4.69) is 14.9 Å². The zero-order chi connectivity index (χ0) is 19.9. The molecular formula is C20H27N3O3S. The summed E-state index contributed by atoms with van der Waals surface area (Å²) in [5.41, 5.74) is 2.45. The van der Waals surface area contributed by atoms with E-state index in [-0.39, 0.29) is 17.3 Å². The van der Waals surface area contributed by atoms with Gasteiger partial charge in [0.25, 0.3) is 5.91 Å². The lowest BCUT2D eigenvalue weighted by molar-refractivity contribution is 0.0952. The smallest absolute Gasteiger partial charge is 0.251 e. The first-order chi connectivity index (χ1) is 12.8. The molecule has 6 nitrogen and oxygen atoms in total. The first-order valence-corrected chi connectivity index (χ1v) is 10.3. The molecule has 0 fully saturated rings. The van der Waals surface area contributed by atoms with Gasteiger partial charge in [-0.05, 0) is 63.8 Å².